The molecule has 4 heterocycles. The van der Waals surface area contributed by atoms with E-state index in [0.717, 1.165) is 25.9 Å². The van der Waals surface area contributed by atoms with Crippen molar-refractivity contribution in [2.75, 3.05) is 32.1 Å². The number of nitrogens with zero attached hydrogens (tertiary/aromatic N) is 4. The molecule has 2 unspecified atom stereocenters. The Hall–Kier alpha value is -1.83. The van der Waals surface area contributed by atoms with Gasteiger partial charge in [-0.05, 0) is 65.8 Å². The van der Waals surface area contributed by atoms with Crippen LogP contribution in [-0.4, -0.2) is 78.1 Å². The molecule has 2 bridgehead atoms. The van der Waals surface area contributed by atoms with Crippen molar-refractivity contribution in [1.82, 2.24) is 20.1 Å². The van der Waals surface area contributed by atoms with Crippen molar-refractivity contribution >= 4 is 35.4 Å². The fraction of sp³-hybridized carbons (Fsp3) is 0.667. The van der Waals surface area contributed by atoms with Crippen molar-refractivity contribution in [3.05, 3.63) is 23.8 Å². The lowest BCUT2D eigenvalue weighted by Gasteiger charge is -2.47. The van der Waals surface area contributed by atoms with E-state index in [2.05, 4.69) is 48.0 Å². The average Bonchev–Trinajstić information content (AvgIpc) is 3.11. The largest absolute Gasteiger partial charge is 0.423 e. The molecule has 1 aromatic heterocycles. The molecule has 4 atom stereocenters. The molecular weight excluding hydrogens is 426 g/mol. The second kappa shape index (κ2) is 9.20. The second-order valence-corrected chi connectivity index (χ2v) is 10.0. The molecule has 3 fully saturated rings. The molecule has 3 aliphatic rings. The monoisotopic (exact) mass is 461 g/mol. The minimum absolute atomic E-state index is 0. The average molecular weight is 462 g/mol. The molecule has 1 aromatic carbocycles. The van der Waals surface area contributed by atoms with Crippen LogP contribution in [-0.2, 0) is 0 Å². The summed E-state index contributed by atoms with van der Waals surface area (Å²) in [6.45, 7) is 6.33. The van der Waals surface area contributed by atoms with Gasteiger partial charge >= 0.3 is 0 Å². The number of benzene rings is 1. The highest BCUT2D eigenvalue weighted by Crippen LogP contribution is 2.33. The molecule has 7 nitrogen and oxygen atoms in total. The molecule has 0 radical (unpaired) electrons. The van der Waals surface area contributed by atoms with E-state index in [4.69, 9.17) is 9.40 Å². The third kappa shape index (κ3) is 4.22. The van der Waals surface area contributed by atoms with Crippen LogP contribution >= 0.6 is 12.4 Å². The summed E-state index contributed by atoms with van der Waals surface area (Å²) < 4.78 is 6.15. The lowest BCUT2D eigenvalue weighted by Crippen LogP contribution is -2.55. The van der Waals surface area contributed by atoms with Gasteiger partial charge in [-0.15, -0.1) is 12.4 Å². The van der Waals surface area contributed by atoms with Gasteiger partial charge in [0.15, 0.2) is 5.58 Å². The number of aromatic nitrogens is 1. The molecule has 2 aromatic rings. The topological polar surface area (TPSA) is 64.8 Å². The van der Waals surface area contributed by atoms with E-state index in [1.807, 2.05) is 18.2 Å². The fourth-order valence-electron chi connectivity index (χ4n) is 6.19. The van der Waals surface area contributed by atoms with E-state index in [0.29, 0.717) is 46.8 Å². The molecule has 3 saturated heterocycles. The first kappa shape index (κ1) is 23.3. The predicted molar refractivity (Wildman–Crippen MR) is 130 cm³/mol. The van der Waals surface area contributed by atoms with Gasteiger partial charge in [0.1, 0.15) is 5.52 Å². The number of hydrogen-bond donors (Lipinski definition) is 1. The van der Waals surface area contributed by atoms with Crippen molar-refractivity contribution in [3.8, 4) is 0 Å². The maximum atomic E-state index is 13.3. The molecule has 1 amide bonds. The van der Waals surface area contributed by atoms with E-state index < -0.39 is 0 Å². The van der Waals surface area contributed by atoms with Crippen LogP contribution in [0.3, 0.4) is 0 Å². The number of halogens is 1. The number of oxazole rings is 1. The summed E-state index contributed by atoms with van der Waals surface area (Å²) in [6, 6.07) is 8.32. The highest BCUT2D eigenvalue weighted by atomic mass is 35.5. The van der Waals surface area contributed by atoms with Crippen LogP contribution in [0.5, 0.6) is 0 Å². The third-order valence-corrected chi connectivity index (χ3v) is 7.65. The summed E-state index contributed by atoms with van der Waals surface area (Å²) in [6.07, 6.45) is 5.86. The molecule has 1 N–H and O–H groups in total. The number of piperidine rings is 2. The van der Waals surface area contributed by atoms with Crippen LogP contribution in [0.4, 0.5) is 6.01 Å². The Morgan fingerprint density at radius 3 is 2.41 bits per heavy atom. The standard InChI is InChI=1S/C24H35N5O2.ClH/c1-15-13-27(3)14-16(2)29(15)24-26-22-20(9-6-10-21(22)31-24)23(30)25-17-11-18-7-5-8-19(12-17)28(18)4;/h6,9-10,15-19H,5,7-8,11-14H2,1-4H3,(H,25,30);1H/t15-,16-,17?,18?,19?;/m0./s1. The van der Waals surface area contributed by atoms with E-state index in [1.54, 1.807) is 0 Å². The van der Waals surface area contributed by atoms with Gasteiger partial charge in [0.05, 0.1) is 5.56 Å². The Kier molecular flexibility index (Phi) is 6.71. The van der Waals surface area contributed by atoms with Crippen LogP contribution in [0.25, 0.3) is 11.1 Å². The van der Waals surface area contributed by atoms with Crippen LogP contribution in [0, 0.1) is 0 Å². The van der Waals surface area contributed by atoms with Gasteiger partial charge in [0.25, 0.3) is 11.9 Å². The first-order chi connectivity index (χ1) is 14.9. The predicted octanol–water partition coefficient (Wildman–Crippen LogP) is 3.52. The number of amides is 1. The fourth-order valence-corrected chi connectivity index (χ4v) is 6.19. The van der Waals surface area contributed by atoms with Gasteiger partial charge in [-0.2, -0.15) is 4.98 Å². The van der Waals surface area contributed by atoms with Crippen LogP contribution in [0.2, 0.25) is 0 Å². The molecule has 176 valence electrons. The summed E-state index contributed by atoms with van der Waals surface area (Å²) in [4.78, 5) is 25.2. The maximum Gasteiger partial charge on any atom is 0.298 e. The Balaban J connectivity index is 0.00000245. The normalized spacial score (nSPS) is 31.4. The van der Waals surface area contributed by atoms with E-state index in [-0.39, 0.29) is 24.4 Å². The second-order valence-electron chi connectivity index (χ2n) is 10.0. The number of carbonyl (C=O) groups excluding carboxylic acids is 1. The Morgan fingerprint density at radius 2 is 1.75 bits per heavy atom. The Morgan fingerprint density at radius 1 is 1.09 bits per heavy atom. The number of fused-ring (bicyclic) bond motifs is 3. The molecule has 0 aliphatic carbocycles. The highest BCUT2D eigenvalue weighted by Gasteiger charge is 2.37. The van der Waals surface area contributed by atoms with Crippen molar-refractivity contribution in [2.24, 2.45) is 0 Å². The van der Waals surface area contributed by atoms with Gasteiger partial charge < -0.3 is 24.4 Å². The van der Waals surface area contributed by atoms with E-state index in [1.165, 1.54) is 19.3 Å². The molecule has 8 heteroatoms. The minimum atomic E-state index is -0.0300. The zero-order valence-electron chi connectivity index (χ0n) is 19.6. The number of likely N-dealkylation sites (N-methyl/N-ethyl adjacent to an activating group) is 1. The van der Waals surface area contributed by atoms with Crippen molar-refractivity contribution in [2.45, 2.75) is 76.2 Å². The first-order valence-corrected chi connectivity index (χ1v) is 11.8. The first-order valence-electron chi connectivity index (χ1n) is 11.8. The van der Waals surface area contributed by atoms with E-state index >= 15 is 0 Å². The summed E-state index contributed by atoms with van der Waals surface area (Å²) in [5, 5.41) is 3.32. The number of rotatable bonds is 3. The number of nitrogens with one attached hydrogen (secondary N) is 1. The summed E-state index contributed by atoms with van der Waals surface area (Å²) in [7, 11) is 4.39. The molecular formula is C24H36ClN5O2. The molecule has 0 saturated carbocycles. The maximum absolute atomic E-state index is 13.3. The number of piperazine rings is 1. The van der Waals surface area contributed by atoms with Gasteiger partial charge in [0, 0.05) is 43.3 Å². The molecule has 0 spiro atoms. The molecule has 32 heavy (non-hydrogen) atoms. The summed E-state index contributed by atoms with van der Waals surface area (Å²) >= 11 is 0. The third-order valence-electron chi connectivity index (χ3n) is 7.65. The molecule has 5 rings (SSSR count). The highest BCUT2D eigenvalue weighted by molar-refractivity contribution is 6.04. The lowest BCUT2D eigenvalue weighted by molar-refractivity contribution is 0.0463. The lowest BCUT2D eigenvalue weighted by atomic mass is 9.82. The minimum Gasteiger partial charge on any atom is -0.423 e. The van der Waals surface area contributed by atoms with Crippen molar-refractivity contribution in [1.29, 1.82) is 0 Å². The van der Waals surface area contributed by atoms with Gasteiger partial charge in [-0.25, -0.2) is 0 Å². The number of carbonyl (C=O) groups is 1. The van der Waals surface area contributed by atoms with Gasteiger partial charge in [-0.1, -0.05) is 12.5 Å². The van der Waals surface area contributed by atoms with Crippen LogP contribution in [0.15, 0.2) is 22.6 Å². The van der Waals surface area contributed by atoms with Gasteiger partial charge in [-0.3, -0.25) is 4.79 Å². The van der Waals surface area contributed by atoms with Crippen molar-refractivity contribution < 1.29 is 9.21 Å². The summed E-state index contributed by atoms with van der Waals surface area (Å²) in [5.74, 6) is -0.0300. The van der Waals surface area contributed by atoms with Crippen LogP contribution < -0.4 is 10.2 Å². The quantitative estimate of drug-likeness (QED) is 0.754. The zero-order valence-corrected chi connectivity index (χ0v) is 20.4. The Labute approximate surface area is 196 Å². The number of anilines is 1. The Bertz CT molecular complexity index is 939. The number of para-hydroxylation sites is 1. The van der Waals surface area contributed by atoms with Gasteiger partial charge in [0.2, 0.25) is 0 Å². The number of hydrogen-bond acceptors (Lipinski definition) is 6. The summed E-state index contributed by atoms with van der Waals surface area (Å²) in [5.41, 5.74) is 1.97. The smallest absolute Gasteiger partial charge is 0.298 e. The zero-order chi connectivity index (χ0) is 21.7. The SMILES string of the molecule is C[C@H]1CN(C)C[C@H](C)N1c1nc2c(C(=O)NC3CC4CCCC(C3)N4C)cccc2o1.Cl. The van der Waals surface area contributed by atoms with Crippen LogP contribution in [0.1, 0.15) is 56.3 Å². The van der Waals surface area contributed by atoms with E-state index in [9.17, 15) is 4.79 Å². The van der Waals surface area contributed by atoms with Crippen molar-refractivity contribution in [3.63, 3.8) is 0 Å². The molecule has 3 aliphatic heterocycles.